The Hall–Kier alpha value is -2.39. The van der Waals surface area contributed by atoms with E-state index in [1.807, 2.05) is 48.5 Å². The fraction of sp³-hybridized carbons (Fsp3) is 0.200. The van der Waals surface area contributed by atoms with Crippen LogP contribution in [0.25, 0.3) is 22.6 Å². The van der Waals surface area contributed by atoms with E-state index in [0.29, 0.717) is 5.39 Å². The van der Waals surface area contributed by atoms with Crippen LogP contribution in [0.5, 0.6) is 0 Å². The lowest BCUT2D eigenvalue weighted by atomic mass is 10.1. The second kappa shape index (κ2) is 6.25. The highest BCUT2D eigenvalue weighted by Gasteiger charge is 2.17. The summed E-state index contributed by atoms with van der Waals surface area (Å²) in [6, 6.07) is 15.5. The molecule has 0 saturated carbocycles. The molecule has 4 rings (SSSR count). The predicted molar refractivity (Wildman–Crippen MR) is 99.2 cm³/mol. The molecular weight excluding hydrogens is 320 g/mol. The highest BCUT2D eigenvalue weighted by atomic mass is 35.5. The molecule has 2 aromatic carbocycles. The Balaban J connectivity index is 1.93. The minimum atomic E-state index is -0.152. The molecule has 2 heterocycles. The SMILES string of the molecule is O=c1nc2n(c3ccccc13)CCCCC2=Cc1ccc(Cl)cc1. The summed E-state index contributed by atoms with van der Waals surface area (Å²) >= 11 is 5.97. The van der Waals surface area contributed by atoms with Crippen LogP contribution in [0.4, 0.5) is 0 Å². The predicted octanol–water partition coefficient (Wildman–Crippen LogP) is 4.77. The number of hydrogen-bond acceptors (Lipinski definition) is 2. The van der Waals surface area contributed by atoms with Crippen LogP contribution in [0.1, 0.15) is 30.7 Å². The van der Waals surface area contributed by atoms with E-state index in [0.717, 1.165) is 53.3 Å². The van der Waals surface area contributed by atoms with Crippen molar-refractivity contribution in [2.45, 2.75) is 25.8 Å². The Kier molecular flexibility index (Phi) is 3.95. The Labute approximate surface area is 145 Å². The maximum absolute atomic E-state index is 12.4. The number of rotatable bonds is 1. The lowest BCUT2D eigenvalue weighted by Gasteiger charge is -2.14. The number of fused-ring (bicyclic) bond motifs is 3. The Morgan fingerprint density at radius 2 is 1.83 bits per heavy atom. The molecule has 0 fully saturated rings. The van der Waals surface area contributed by atoms with Crippen LogP contribution in [-0.4, -0.2) is 9.55 Å². The molecule has 0 amide bonds. The molecule has 0 bridgehead atoms. The summed E-state index contributed by atoms with van der Waals surface area (Å²) in [6.45, 7) is 0.890. The number of aryl methyl sites for hydroxylation is 1. The molecule has 0 spiro atoms. The van der Waals surface area contributed by atoms with Crippen molar-refractivity contribution in [2.75, 3.05) is 0 Å². The molecular formula is C20H17ClN2O. The first-order valence-electron chi connectivity index (χ1n) is 8.18. The van der Waals surface area contributed by atoms with Crippen LogP contribution in [-0.2, 0) is 6.54 Å². The molecule has 0 aliphatic carbocycles. The smallest absolute Gasteiger partial charge is 0.281 e. The third-order valence-corrected chi connectivity index (χ3v) is 4.72. The monoisotopic (exact) mass is 336 g/mol. The third-order valence-electron chi connectivity index (χ3n) is 4.46. The molecule has 0 atom stereocenters. The Bertz CT molecular complexity index is 987. The van der Waals surface area contributed by atoms with Gasteiger partial charge in [-0.3, -0.25) is 4.79 Å². The second-order valence-electron chi connectivity index (χ2n) is 6.09. The van der Waals surface area contributed by atoms with Gasteiger partial charge in [-0.15, -0.1) is 0 Å². The van der Waals surface area contributed by atoms with E-state index < -0.39 is 0 Å². The van der Waals surface area contributed by atoms with Gasteiger partial charge in [-0.25, -0.2) is 0 Å². The first-order valence-corrected chi connectivity index (χ1v) is 8.56. The minimum Gasteiger partial charge on any atom is -0.325 e. The zero-order valence-electron chi connectivity index (χ0n) is 13.2. The summed E-state index contributed by atoms with van der Waals surface area (Å²) in [6.07, 6.45) is 5.22. The highest BCUT2D eigenvalue weighted by Crippen LogP contribution is 2.28. The van der Waals surface area contributed by atoms with Crippen molar-refractivity contribution in [2.24, 2.45) is 0 Å². The van der Waals surface area contributed by atoms with Crippen molar-refractivity contribution in [1.82, 2.24) is 9.55 Å². The summed E-state index contributed by atoms with van der Waals surface area (Å²) in [4.78, 5) is 16.8. The zero-order chi connectivity index (χ0) is 16.5. The molecule has 120 valence electrons. The molecule has 1 aliphatic heterocycles. The summed E-state index contributed by atoms with van der Waals surface area (Å²) in [7, 11) is 0. The summed E-state index contributed by atoms with van der Waals surface area (Å²) < 4.78 is 2.19. The number of halogens is 1. The van der Waals surface area contributed by atoms with E-state index in [-0.39, 0.29) is 5.56 Å². The Morgan fingerprint density at radius 1 is 1.04 bits per heavy atom. The average molecular weight is 337 g/mol. The lowest BCUT2D eigenvalue weighted by molar-refractivity contribution is 0.642. The summed E-state index contributed by atoms with van der Waals surface area (Å²) in [5.74, 6) is 0.797. The van der Waals surface area contributed by atoms with Gasteiger partial charge in [0.2, 0.25) is 0 Å². The van der Waals surface area contributed by atoms with Crippen LogP contribution < -0.4 is 5.56 Å². The molecule has 0 unspecified atom stereocenters. The van der Waals surface area contributed by atoms with E-state index >= 15 is 0 Å². The summed E-state index contributed by atoms with van der Waals surface area (Å²) in [5, 5.41) is 1.41. The number of allylic oxidation sites excluding steroid dienone is 1. The van der Waals surface area contributed by atoms with Gasteiger partial charge >= 0.3 is 0 Å². The molecule has 4 heteroatoms. The van der Waals surface area contributed by atoms with Crippen molar-refractivity contribution in [3.8, 4) is 0 Å². The second-order valence-corrected chi connectivity index (χ2v) is 6.52. The molecule has 1 aromatic heterocycles. The van der Waals surface area contributed by atoms with Crippen molar-refractivity contribution < 1.29 is 0 Å². The van der Waals surface area contributed by atoms with Gasteiger partial charge in [0.1, 0.15) is 5.82 Å². The fourth-order valence-electron chi connectivity index (χ4n) is 3.29. The third kappa shape index (κ3) is 2.76. The van der Waals surface area contributed by atoms with Gasteiger partial charge in [0, 0.05) is 11.6 Å². The van der Waals surface area contributed by atoms with Gasteiger partial charge in [0.05, 0.1) is 10.9 Å². The number of nitrogens with zero attached hydrogens (tertiary/aromatic N) is 2. The van der Waals surface area contributed by atoms with Crippen molar-refractivity contribution in [3.05, 3.63) is 75.3 Å². The average Bonchev–Trinajstić information content (AvgIpc) is 2.80. The summed E-state index contributed by atoms with van der Waals surface area (Å²) in [5.41, 5.74) is 3.00. The first-order chi connectivity index (χ1) is 11.7. The molecule has 0 radical (unpaired) electrons. The number of para-hydroxylation sites is 1. The number of benzene rings is 2. The quantitative estimate of drug-likeness (QED) is 0.641. The largest absolute Gasteiger partial charge is 0.325 e. The van der Waals surface area contributed by atoms with Crippen LogP contribution >= 0.6 is 11.6 Å². The van der Waals surface area contributed by atoms with E-state index in [1.54, 1.807) is 0 Å². The van der Waals surface area contributed by atoms with Crippen molar-refractivity contribution in [1.29, 1.82) is 0 Å². The molecule has 0 saturated heterocycles. The van der Waals surface area contributed by atoms with Gasteiger partial charge in [0.15, 0.2) is 0 Å². The first kappa shape index (κ1) is 15.2. The van der Waals surface area contributed by atoms with Gasteiger partial charge in [-0.1, -0.05) is 35.9 Å². The maximum Gasteiger partial charge on any atom is 0.281 e. The van der Waals surface area contributed by atoms with Crippen LogP contribution in [0, 0.1) is 0 Å². The molecule has 0 N–H and O–H groups in total. The minimum absolute atomic E-state index is 0.152. The Morgan fingerprint density at radius 3 is 2.67 bits per heavy atom. The van der Waals surface area contributed by atoms with Crippen LogP contribution in [0.3, 0.4) is 0 Å². The fourth-order valence-corrected chi connectivity index (χ4v) is 3.41. The maximum atomic E-state index is 12.4. The zero-order valence-corrected chi connectivity index (χ0v) is 14.0. The number of hydrogen-bond donors (Lipinski definition) is 0. The van der Waals surface area contributed by atoms with E-state index in [4.69, 9.17) is 11.6 Å². The molecule has 1 aliphatic rings. The molecule has 24 heavy (non-hydrogen) atoms. The van der Waals surface area contributed by atoms with Crippen LogP contribution in [0.15, 0.2) is 53.3 Å². The highest BCUT2D eigenvalue weighted by molar-refractivity contribution is 6.30. The number of aromatic nitrogens is 2. The van der Waals surface area contributed by atoms with Crippen molar-refractivity contribution >= 4 is 34.2 Å². The van der Waals surface area contributed by atoms with E-state index in [9.17, 15) is 4.79 Å². The van der Waals surface area contributed by atoms with Gasteiger partial charge in [0.25, 0.3) is 5.56 Å². The van der Waals surface area contributed by atoms with E-state index in [1.165, 1.54) is 0 Å². The van der Waals surface area contributed by atoms with Gasteiger partial charge in [-0.2, -0.15) is 4.98 Å². The molecule has 3 aromatic rings. The van der Waals surface area contributed by atoms with E-state index in [2.05, 4.69) is 15.6 Å². The van der Waals surface area contributed by atoms with Crippen molar-refractivity contribution in [3.63, 3.8) is 0 Å². The standard InChI is InChI=1S/C20H17ClN2O/c21-16-10-8-14(9-11-16)13-15-5-3-4-12-23-18-7-2-1-6-17(18)20(24)22-19(15)23/h1-2,6-11,13H,3-5,12H2. The normalized spacial score (nSPS) is 16.1. The molecule has 3 nitrogen and oxygen atoms in total. The van der Waals surface area contributed by atoms with Crippen LogP contribution in [0.2, 0.25) is 5.02 Å². The van der Waals surface area contributed by atoms with Gasteiger partial charge in [-0.05, 0) is 60.7 Å². The van der Waals surface area contributed by atoms with Gasteiger partial charge < -0.3 is 4.57 Å². The topological polar surface area (TPSA) is 34.9 Å². The lowest BCUT2D eigenvalue weighted by Crippen LogP contribution is -2.17.